The number of aromatic amines is 1. The van der Waals surface area contributed by atoms with E-state index in [9.17, 15) is 9.59 Å². The van der Waals surface area contributed by atoms with Crippen LogP contribution in [-0.4, -0.2) is 26.8 Å². The van der Waals surface area contributed by atoms with E-state index in [-0.39, 0.29) is 23.1 Å². The summed E-state index contributed by atoms with van der Waals surface area (Å²) in [7, 11) is 0. The molecule has 0 aromatic carbocycles. The number of carbonyl (C=O) groups excluding carboxylic acids is 1. The zero-order valence-corrected chi connectivity index (χ0v) is 13.8. The molecule has 126 valence electrons. The maximum atomic E-state index is 13.1. The molecule has 0 radical (unpaired) electrons. The first-order chi connectivity index (χ1) is 11.8. The maximum Gasteiger partial charge on any atom is 0.260 e. The summed E-state index contributed by atoms with van der Waals surface area (Å²) in [5, 5.41) is 0. The maximum absolute atomic E-state index is 13.1. The van der Waals surface area contributed by atoms with Crippen molar-refractivity contribution in [3.63, 3.8) is 0 Å². The lowest BCUT2D eigenvalue weighted by molar-refractivity contribution is 0.0639. The Labute approximate surface area is 141 Å². The van der Waals surface area contributed by atoms with Crippen molar-refractivity contribution in [2.24, 2.45) is 0 Å². The topological polar surface area (TPSA) is 66.1 Å². The van der Waals surface area contributed by atoms with Crippen LogP contribution in [0.2, 0.25) is 0 Å². The highest BCUT2D eigenvalue weighted by Crippen LogP contribution is 2.24. The summed E-state index contributed by atoms with van der Waals surface area (Å²) in [6.07, 6.45) is 11.8. The Morgan fingerprint density at radius 2 is 1.96 bits per heavy atom. The third-order valence-corrected chi connectivity index (χ3v) is 4.65. The van der Waals surface area contributed by atoms with Crippen molar-refractivity contribution in [2.45, 2.75) is 51.1 Å². The average Bonchev–Trinajstić information content (AvgIpc) is 2.90. The Kier molecular flexibility index (Phi) is 5.41. The minimum Gasteiger partial charge on any atom is -0.331 e. The molecule has 0 spiro atoms. The minimum atomic E-state index is -0.327. The number of carbonyl (C=O) groups is 1. The molecule has 1 aliphatic rings. The number of aromatic nitrogens is 2. The van der Waals surface area contributed by atoms with Gasteiger partial charge >= 0.3 is 0 Å². The number of nitrogens with one attached hydrogen (secondary N) is 1. The fraction of sp³-hybridized carbons (Fsp3) is 0.421. The molecular weight excluding hydrogens is 302 g/mol. The fourth-order valence-electron chi connectivity index (χ4n) is 3.37. The van der Waals surface area contributed by atoms with Gasteiger partial charge < -0.3 is 9.88 Å². The predicted molar refractivity (Wildman–Crippen MR) is 92.7 cm³/mol. The van der Waals surface area contributed by atoms with Crippen LogP contribution in [0.15, 0.2) is 47.7 Å². The van der Waals surface area contributed by atoms with Gasteiger partial charge in [-0.05, 0) is 36.6 Å². The molecule has 1 saturated carbocycles. The van der Waals surface area contributed by atoms with E-state index >= 15 is 0 Å². The Morgan fingerprint density at radius 1 is 1.17 bits per heavy atom. The molecule has 0 atom stereocenters. The molecule has 0 bridgehead atoms. The Bertz CT molecular complexity index is 719. The van der Waals surface area contributed by atoms with Gasteiger partial charge in [0.15, 0.2) is 0 Å². The molecule has 2 aromatic rings. The second kappa shape index (κ2) is 7.90. The smallest absolute Gasteiger partial charge is 0.260 e. The normalized spacial score (nSPS) is 15.7. The van der Waals surface area contributed by atoms with Crippen molar-refractivity contribution in [3.8, 4) is 0 Å². The molecule has 0 aliphatic heterocycles. The van der Waals surface area contributed by atoms with E-state index in [0.717, 1.165) is 31.2 Å². The van der Waals surface area contributed by atoms with Gasteiger partial charge in [0.2, 0.25) is 0 Å². The molecule has 2 aromatic heterocycles. The fourth-order valence-corrected chi connectivity index (χ4v) is 3.37. The number of hydrogen-bond donors (Lipinski definition) is 1. The Hall–Kier alpha value is -2.43. The lowest BCUT2D eigenvalue weighted by Gasteiger charge is -2.31. The molecule has 1 amide bonds. The van der Waals surface area contributed by atoms with Crippen LogP contribution in [0.5, 0.6) is 0 Å². The molecule has 0 unspecified atom stereocenters. The third kappa shape index (κ3) is 3.91. The highest BCUT2D eigenvalue weighted by molar-refractivity contribution is 5.94. The highest BCUT2D eigenvalue weighted by atomic mass is 16.2. The van der Waals surface area contributed by atoms with Gasteiger partial charge in [-0.15, -0.1) is 0 Å². The SMILES string of the molecule is O=C(c1ccc[nH]c1=O)N(Cc1cccnc1)C1CCCCCC1. The van der Waals surface area contributed by atoms with Crippen LogP contribution >= 0.6 is 0 Å². The van der Waals surface area contributed by atoms with E-state index < -0.39 is 0 Å². The molecule has 5 nitrogen and oxygen atoms in total. The first-order valence-corrected chi connectivity index (χ1v) is 8.63. The van der Waals surface area contributed by atoms with Gasteiger partial charge in [-0.1, -0.05) is 31.7 Å². The Morgan fingerprint density at radius 3 is 2.62 bits per heavy atom. The van der Waals surface area contributed by atoms with Crippen LogP contribution in [0.25, 0.3) is 0 Å². The van der Waals surface area contributed by atoms with Crippen molar-refractivity contribution in [1.82, 2.24) is 14.9 Å². The largest absolute Gasteiger partial charge is 0.331 e. The second-order valence-corrected chi connectivity index (χ2v) is 6.35. The standard InChI is InChI=1S/C19H23N3O2/c23-18-17(10-6-12-21-18)19(24)22(14-15-7-5-11-20-13-15)16-8-3-1-2-4-9-16/h5-7,10-13,16H,1-4,8-9,14H2,(H,21,23). The highest BCUT2D eigenvalue weighted by Gasteiger charge is 2.27. The molecule has 0 saturated heterocycles. The molecule has 3 rings (SSSR count). The lowest BCUT2D eigenvalue weighted by atomic mass is 10.0. The van der Waals surface area contributed by atoms with Crippen molar-refractivity contribution in [1.29, 1.82) is 0 Å². The monoisotopic (exact) mass is 325 g/mol. The van der Waals surface area contributed by atoms with Crippen LogP contribution in [0.1, 0.15) is 54.4 Å². The van der Waals surface area contributed by atoms with E-state index in [1.165, 1.54) is 12.8 Å². The second-order valence-electron chi connectivity index (χ2n) is 6.35. The summed E-state index contributed by atoms with van der Waals surface area (Å²) in [4.78, 5) is 33.7. The minimum absolute atomic E-state index is 0.180. The van der Waals surface area contributed by atoms with Gasteiger partial charge in [0, 0.05) is 31.2 Å². The molecule has 2 heterocycles. The number of rotatable bonds is 4. The number of pyridine rings is 2. The third-order valence-electron chi connectivity index (χ3n) is 4.65. The van der Waals surface area contributed by atoms with Crippen molar-refractivity contribution in [2.75, 3.05) is 0 Å². The van der Waals surface area contributed by atoms with E-state index in [4.69, 9.17) is 0 Å². The first kappa shape index (κ1) is 16.4. The van der Waals surface area contributed by atoms with E-state index in [1.807, 2.05) is 17.0 Å². The molecular formula is C19H23N3O2. The van der Waals surface area contributed by atoms with Crippen LogP contribution in [0, 0.1) is 0 Å². The number of hydrogen-bond acceptors (Lipinski definition) is 3. The van der Waals surface area contributed by atoms with Gasteiger partial charge in [-0.3, -0.25) is 14.6 Å². The van der Waals surface area contributed by atoms with Gasteiger partial charge in [0.1, 0.15) is 5.56 Å². The van der Waals surface area contributed by atoms with E-state index in [0.29, 0.717) is 6.54 Å². The van der Waals surface area contributed by atoms with E-state index in [1.54, 1.807) is 30.7 Å². The van der Waals surface area contributed by atoms with Crippen molar-refractivity contribution in [3.05, 3.63) is 64.3 Å². The van der Waals surface area contributed by atoms with Crippen LogP contribution in [0.3, 0.4) is 0 Å². The summed E-state index contributed by atoms with van der Waals surface area (Å²) < 4.78 is 0. The van der Waals surface area contributed by atoms with Crippen LogP contribution < -0.4 is 5.56 Å². The van der Waals surface area contributed by atoms with Gasteiger partial charge in [0.25, 0.3) is 11.5 Å². The zero-order chi connectivity index (χ0) is 16.8. The number of nitrogens with zero attached hydrogens (tertiary/aromatic N) is 2. The Balaban J connectivity index is 1.90. The zero-order valence-electron chi connectivity index (χ0n) is 13.8. The average molecular weight is 325 g/mol. The first-order valence-electron chi connectivity index (χ1n) is 8.63. The van der Waals surface area contributed by atoms with Crippen LogP contribution in [-0.2, 0) is 6.54 Å². The predicted octanol–water partition coefficient (Wildman–Crippen LogP) is 3.14. The molecule has 1 N–H and O–H groups in total. The summed E-state index contributed by atoms with van der Waals surface area (Å²) in [6.45, 7) is 0.492. The summed E-state index contributed by atoms with van der Waals surface area (Å²) in [5.41, 5.74) is 0.875. The van der Waals surface area contributed by atoms with Gasteiger partial charge in [-0.2, -0.15) is 0 Å². The summed E-state index contributed by atoms with van der Waals surface area (Å²) in [6, 6.07) is 7.33. The van der Waals surface area contributed by atoms with Crippen LogP contribution in [0.4, 0.5) is 0 Å². The molecule has 1 fully saturated rings. The van der Waals surface area contributed by atoms with E-state index in [2.05, 4.69) is 9.97 Å². The van der Waals surface area contributed by atoms with Crippen molar-refractivity contribution >= 4 is 5.91 Å². The van der Waals surface area contributed by atoms with Gasteiger partial charge in [-0.25, -0.2) is 0 Å². The summed E-state index contributed by atoms with van der Waals surface area (Å²) >= 11 is 0. The molecule has 5 heteroatoms. The van der Waals surface area contributed by atoms with Crippen molar-refractivity contribution < 1.29 is 4.79 Å². The molecule has 1 aliphatic carbocycles. The lowest BCUT2D eigenvalue weighted by Crippen LogP contribution is -2.41. The molecule has 24 heavy (non-hydrogen) atoms. The van der Waals surface area contributed by atoms with Gasteiger partial charge in [0.05, 0.1) is 0 Å². The quantitative estimate of drug-likeness (QED) is 0.878. The number of H-pyrrole nitrogens is 1. The summed E-state index contributed by atoms with van der Waals surface area (Å²) in [5.74, 6) is -0.187. The number of amides is 1.